The molecule has 208 valence electrons. The number of halogens is 3. The second-order valence-electron chi connectivity index (χ2n) is 8.95. The second-order valence-corrected chi connectivity index (χ2v) is 11.0. The molecule has 1 N–H and O–H groups in total. The molecule has 8 nitrogen and oxygen atoms in total. The fourth-order valence-corrected chi connectivity index (χ4v) is 4.91. The summed E-state index contributed by atoms with van der Waals surface area (Å²) in [7, 11) is 0. The Kier molecular flexibility index (Phi) is 9.65. The maximum absolute atomic E-state index is 13.5. The SMILES string of the molecule is CCOc1cc(C=Nn2c([C@@H](C)CC)nc3ccc(Br)cc3c2=O)c(Br)c(Cl)c1OCc1ccc(C(=O)O)cc1. The molecule has 0 aliphatic heterocycles. The highest BCUT2D eigenvalue weighted by Gasteiger charge is 2.19. The quantitative estimate of drug-likeness (QED) is 0.172. The predicted octanol–water partition coefficient (Wildman–Crippen LogP) is 7.65. The number of carboxylic acid groups (broad SMARTS) is 1. The van der Waals surface area contributed by atoms with E-state index in [1.165, 1.54) is 23.0 Å². The minimum Gasteiger partial charge on any atom is -0.490 e. The molecule has 1 atom stereocenters. The Hall–Kier alpha value is -3.21. The smallest absolute Gasteiger partial charge is 0.335 e. The Morgan fingerprint density at radius 3 is 2.52 bits per heavy atom. The van der Waals surface area contributed by atoms with Crippen molar-refractivity contribution in [2.24, 2.45) is 5.10 Å². The first-order valence-corrected chi connectivity index (χ1v) is 14.5. The normalized spacial score (nSPS) is 12.2. The molecule has 4 rings (SSSR count). The number of carboxylic acids is 1. The summed E-state index contributed by atoms with van der Waals surface area (Å²) < 4.78 is 14.4. The van der Waals surface area contributed by atoms with Crippen LogP contribution in [0, 0.1) is 0 Å². The van der Waals surface area contributed by atoms with Gasteiger partial charge in [0.05, 0.1) is 29.3 Å². The summed E-state index contributed by atoms with van der Waals surface area (Å²) in [6, 6.07) is 13.5. The van der Waals surface area contributed by atoms with Gasteiger partial charge in [-0.15, -0.1) is 0 Å². The van der Waals surface area contributed by atoms with Crippen molar-refractivity contribution >= 4 is 66.5 Å². The molecule has 4 aromatic rings. The first-order valence-electron chi connectivity index (χ1n) is 12.5. The van der Waals surface area contributed by atoms with Crippen molar-refractivity contribution in [2.45, 2.75) is 39.7 Å². The maximum Gasteiger partial charge on any atom is 0.335 e. The first-order chi connectivity index (χ1) is 19.1. The lowest BCUT2D eigenvalue weighted by Crippen LogP contribution is -2.23. The molecular formula is C29H26Br2ClN3O5. The molecule has 0 radical (unpaired) electrons. The Balaban J connectivity index is 1.72. The van der Waals surface area contributed by atoms with E-state index >= 15 is 0 Å². The van der Waals surface area contributed by atoms with E-state index in [1.54, 1.807) is 24.3 Å². The number of carbonyl (C=O) groups is 1. The highest BCUT2D eigenvalue weighted by molar-refractivity contribution is 9.10. The summed E-state index contributed by atoms with van der Waals surface area (Å²) in [6.07, 6.45) is 2.31. The number of benzene rings is 3. The number of aromatic nitrogens is 2. The van der Waals surface area contributed by atoms with E-state index in [0.717, 1.165) is 16.5 Å². The number of nitrogens with zero attached hydrogens (tertiary/aromatic N) is 3. The van der Waals surface area contributed by atoms with Crippen LogP contribution < -0.4 is 15.0 Å². The summed E-state index contributed by atoms with van der Waals surface area (Å²) in [6.45, 7) is 6.38. The van der Waals surface area contributed by atoms with Gasteiger partial charge in [-0.25, -0.2) is 9.78 Å². The van der Waals surface area contributed by atoms with E-state index in [4.69, 9.17) is 31.2 Å². The Morgan fingerprint density at radius 2 is 1.88 bits per heavy atom. The lowest BCUT2D eigenvalue weighted by Gasteiger charge is -2.17. The van der Waals surface area contributed by atoms with Crippen LogP contribution in [0.2, 0.25) is 5.02 Å². The van der Waals surface area contributed by atoms with Crippen molar-refractivity contribution in [3.63, 3.8) is 0 Å². The van der Waals surface area contributed by atoms with E-state index in [-0.39, 0.29) is 28.7 Å². The van der Waals surface area contributed by atoms with Crippen LogP contribution in [0.4, 0.5) is 0 Å². The van der Waals surface area contributed by atoms with Crippen LogP contribution in [0.15, 0.2) is 67.4 Å². The van der Waals surface area contributed by atoms with Gasteiger partial charge in [-0.2, -0.15) is 9.78 Å². The minimum absolute atomic E-state index is 0.00995. The van der Waals surface area contributed by atoms with Gasteiger partial charge in [0.1, 0.15) is 17.5 Å². The van der Waals surface area contributed by atoms with Crippen LogP contribution in [0.1, 0.15) is 60.4 Å². The molecule has 11 heteroatoms. The predicted molar refractivity (Wildman–Crippen MR) is 163 cm³/mol. The number of hydrogen-bond acceptors (Lipinski definition) is 6. The molecule has 0 aliphatic rings. The highest BCUT2D eigenvalue weighted by Crippen LogP contribution is 2.42. The molecule has 0 spiro atoms. The summed E-state index contributed by atoms with van der Waals surface area (Å²) >= 11 is 13.7. The van der Waals surface area contributed by atoms with Crippen LogP contribution in [0.5, 0.6) is 11.5 Å². The average molecular weight is 692 g/mol. The van der Waals surface area contributed by atoms with E-state index in [1.807, 2.05) is 32.9 Å². The van der Waals surface area contributed by atoms with Gasteiger partial charge in [-0.05, 0) is 71.2 Å². The molecule has 1 aromatic heterocycles. The lowest BCUT2D eigenvalue weighted by atomic mass is 10.1. The number of fused-ring (bicyclic) bond motifs is 1. The minimum atomic E-state index is -0.999. The monoisotopic (exact) mass is 689 g/mol. The summed E-state index contributed by atoms with van der Waals surface area (Å²) in [5, 5.41) is 14.4. The fourth-order valence-electron chi connectivity index (χ4n) is 3.89. The van der Waals surface area contributed by atoms with Gasteiger partial charge in [0.2, 0.25) is 0 Å². The molecule has 0 aliphatic carbocycles. The van der Waals surface area contributed by atoms with Crippen LogP contribution >= 0.6 is 43.5 Å². The van der Waals surface area contributed by atoms with Crippen molar-refractivity contribution in [3.8, 4) is 11.5 Å². The molecule has 0 bridgehead atoms. The molecule has 1 heterocycles. The van der Waals surface area contributed by atoms with Gasteiger partial charge in [-0.1, -0.05) is 53.5 Å². The third-order valence-electron chi connectivity index (χ3n) is 6.24. The van der Waals surface area contributed by atoms with E-state index in [2.05, 4.69) is 37.0 Å². The van der Waals surface area contributed by atoms with E-state index in [9.17, 15) is 9.59 Å². The van der Waals surface area contributed by atoms with E-state index in [0.29, 0.717) is 44.9 Å². The van der Waals surface area contributed by atoms with Crippen LogP contribution in [-0.2, 0) is 6.61 Å². The zero-order valence-electron chi connectivity index (χ0n) is 22.0. The van der Waals surface area contributed by atoms with Gasteiger partial charge >= 0.3 is 5.97 Å². The summed E-state index contributed by atoms with van der Waals surface area (Å²) in [4.78, 5) is 29.3. The molecule has 40 heavy (non-hydrogen) atoms. The number of aromatic carboxylic acids is 1. The van der Waals surface area contributed by atoms with Gasteiger partial charge in [0.15, 0.2) is 11.5 Å². The standard InChI is InChI=1S/C29H26Br2ClN3O5/c1-4-16(3)27-34-22-11-10-20(30)13-21(22)28(36)35(27)33-14-19-12-23(39-5-2)26(25(32)24(19)31)40-15-17-6-8-18(9-7-17)29(37)38/h6-14,16H,4-5,15H2,1-3H3,(H,37,38)/t16-/m0/s1. The van der Waals surface area contributed by atoms with Crippen molar-refractivity contribution in [2.75, 3.05) is 6.61 Å². The van der Waals surface area contributed by atoms with Crippen molar-refractivity contribution < 1.29 is 19.4 Å². The van der Waals surface area contributed by atoms with Gasteiger partial charge in [0, 0.05) is 20.4 Å². The van der Waals surface area contributed by atoms with Crippen LogP contribution in [0.3, 0.4) is 0 Å². The van der Waals surface area contributed by atoms with Crippen molar-refractivity contribution in [1.29, 1.82) is 0 Å². The maximum atomic E-state index is 13.5. The third-order valence-corrected chi connectivity index (χ3v) is 8.18. The Bertz CT molecular complexity index is 1660. The summed E-state index contributed by atoms with van der Waals surface area (Å²) in [5.74, 6) is 0.268. The molecular weight excluding hydrogens is 666 g/mol. The zero-order chi connectivity index (χ0) is 29.0. The Labute approximate surface area is 252 Å². The topological polar surface area (TPSA) is 103 Å². The third kappa shape index (κ3) is 6.40. The molecule has 0 saturated heterocycles. The fraction of sp³-hybridized carbons (Fsp3) is 0.241. The molecule has 0 saturated carbocycles. The van der Waals surface area contributed by atoms with Crippen LogP contribution in [-0.4, -0.2) is 33.6 Å². The van der Waals surface area contributed by atoms with Crippen LogP contribution in [0.25, 0.3) is 10.9 Å². The Morgan fingerprint density at radius 1 is 1.15 bits per heavy atom. The van der Waals surface area contributed by atoms with Crippen molar-refractivity contribution in [1.82, 2.24) is 9.66 Å². The molecule has 0 amide bonds. The number of hydrogen-bond donors (Lipinski definition) is 1. The zero-order valence-corrected chi connectivity index (χ0v) is 25.9. The van der Waals surface area contributed by atoms with E-state index < -0.39 is 5.97 Å². The molecule has 3 aromatic carbocycles. The van der Waals surface area contributed by atoms with Gasteiger partial charge in [-0.3, -0.25) is 4.79 Å². The first kappa shape index (κ1) is 29.8. The number of ether oxygens (including phenoxy) is 2. The number of rotatable bonds is 10. The molecule has 0 fully saturated rings. The molecule has 0 unspecified atom stereocenters. The summed E-state index contributed by atoms with van der Waals surface area (Å²) in [5.41, 5.74) is 1.85. The lowest BCUT2D eigenvalue weighted by molar-refractivity contribution is 0.0697. The largest absolute Gasteiger partial charge is 0.490 e. The van der Waals surface area contributed by atoms with Gasteiger partial charge < -0.3 is 14.6 Å². The average Bonchev–Trinajstić information content (AvgIpc) is 2.94. The second kappa shape index (κ2) is 13.0. The van der Waals surface area contributed by atoms with Crippen molar-refractivity contribution in [3.05, 3.63) is 95.4 Å². The van der Waals surface area contributed by atoms with Gasteiger partial charge in [0.25, 0.3) is 5.56 Å². The highest BCUT2D eigenvalue weighted by atomic mass is 79.9.